The van der Waals surface area contributed by atoms with E-state index in [1.165, 1.54) is 0 Å². The molecule has 0 aromatic rings. The summed E-state index contributed by atoms with van der Waals surface area (Å²) >= 11 is 0. The molecule has 0 unspecified atom stereocenters. The molecule has 0 saturated heterocycles. The van der Waals surface area contributed by atoms with Crippen molar-refractivity contribution >= 4 is 29.5 Å². The number of primary amides is 1. The second kappa shape index (κ2) is 21.8. The number of hydrogen-bond acceptors (Lipinski definition) is 8. The fraction of sp³-hybridized carbons (Fsp3) is 0.833. The Labute approximate surface area is 258 Å². The number of rotatable bonds is 23. The predicted molar refractivity (Wildman–Crippen MR) is 169 cm³/mol. The van der Waals surface area contributed by atoms with Crippen molar-refractivity contribution in [3.8, 4) is 0 Å². The lowest BCUT2D eigenvalue weighted by Crippen LogP contribution is -2.59. The van der Waals surface area contributed by atoms with E-state index in [0.717, 1.165) is 0 Å². The van der Waals surface area contributed by atoms with Gasteiger partial charge in [0.25, 0.3) is 0 Å². The third-order valence-electron chi connectivity index (χ3n) is 6.93. The molecular formula is C30H60N8O5. The molecule has 0 bridgehead atoms. The molecule has 5 atom stereocenters. The number of nitrogens with two attached hydrogens (primary N) is 4. The predicted octanol–water partition coefficient (Wildman–Crippen LogP) is 0.135. The Morgan fingerprint density at radius 3 is 1.26 bits per heavy atom. The van der Waals surface area contributed by atoms with Gasteiger partial charge < -0.3 is 44.2 Å². The topological polar surface area (TPSA) is 238 Å². The lowest BCUT2D eigenvalue weighted by molar-refractivity contribution is -0.135. The molecule has 0 heterocycles. The summed E-state index contributed by atoms with van der Waals surface area (Å²) in [6, 6.07) is -4.50. The van der Waals surface area contributed by atoms with Crippen LogP contribution in [0.25, 0.3) is 0 Å². The largest absolute Gasteiger partial charge is 0.368 e. The molecule has 0 aliphatic heterocycles. The molecule has 0 rings (SSSR count). The Kier molecular flexibility index (Phi) is 20.4. The Morgan fingerprint density at radius 1 is 0.512 bits per heavy atom. The standard InChI is InChI=1S/C30H60N8O5/c1-18(2)15-21(33)27(40)35-22(11-7-9-13-31)29(42)38-25(17-20(5)6)30(43)36-23(12-8-10-14-32)28(41)37-24(26(34)39)16-19(3)4/h18-25H,7-17,31-33H2,1-6H3,(H2,34,39)(H,35,40)(H,36,43)(H,37,41)(H,38,42)/t21-,22-,23-,24-,25-/m0/s1. The molecule has 0 aliphatic rings. The second-order valence-corrected chi connectivity index (χ2v) is 12.7. The van der Waals surface area contributed by atoms with Gasteiger partial charge in [0.2, 0.25) is 29.5 Å². The van der Waals surface area contributed by atoms with Crippen LogP contribution in [0.5, 0.6) is 0 Å². The summed E-state index contributed by atoms with van der Waals surface area (Å²) in [6.07, 6.45) is 4.18. The Hall–Kier alpha value is -2.77. The highest BCUT2D eigenvalue weighted by molar-refractivity contribution is 5.95. The lowest BCUT2D eigenvalue weighted by Gasteiger charge is -2.27. The first-order valence-electron chi connectivity index (χ1n) is 15.8. The zero-order valence-electron chi connectivity index (χ0n) is 27.2. The van der Waals surface area contributed by atoms with Gasteiger partial charge in [-0.05, 0) is 88.6 Å². The first-order chi connectivity index (χ1) is 20.1. The van der Waals surface area contributed by atoms with Crippen molar-refractivity contribution in [2.24, 2.45) is 40.7 Å². The van der Waals surface area contributed by atoms with Crippen molar-refractivity contribution in [2.45, 2.75) is 130 Å². The van der Waals surface area contributed by atoms with Crippen LogP contribution in [0, 0.1) is 17.8 Å². The lowest BCUT2D eigenvalue weighted by atomic mass is 9.99. The molecule has 43 heavy (non-hydrogen) atoms. The number of nitrogens with one attached hydrogen (secondary N) is 4. The molecule has 0 radical (unpaired) electrons. The molecule has 0 aromatic carbocycles. The summed E-state index contributed by atoms with van der Waals surface area (Å²) < 4.78 is 0. The normalized spacial score (nSPS) is 15.0. The van der Waals surface area contributed by atoms with Crippen LogP contribution < -0.4 is 44.2 Å². The quantitative estimate of drug-likeness (QED) is 0.0736. The van der Waals surface area contributed by atoms with Gasteiger partial charge in [-0.1, -0.05) is 41.5 Å². The summed E-state index contributed by atoms with van der Waals surface area (Å²) in [5, 5.41) is 11.0. The Balaban J connectivity index is 5.89. The molecular weight excluding hydrogens is 552 g/mol. The van der Waals surface area contributed by atoms with Crippen molar-refractivity contribution in [3.63, 3.8) is 0 Å². The van der Waals surface area contributed by atoms with Crippen LogP contribution in [0.1, 0.15) is 99.3 Å². The van der Waals surface area contributed by atoms with Gasteiger partial charge in [-0.2, -0.15) is 0 Å². The molecule has 0 aliphatic carbocycles. The van der Waals surface area contributed by atoms with Gasteiger partial charge in [0.1, 0.15) is 24.2 Å². The van der Waals surface area contributed by atoms with Crippen molar-refractivity contribution in [1.29, 1.82) is 0 Å². The maximum Gasteiger partial charge on any atom is 0.243 e. The highest BCUT2D eigenvalue weighted by Gasteiger charge is 2.32. The minimum atomic E-state index is -0.974. The smallest absolute Gasteiger partial charge is 0.243 e. The molecule has 250 valence electrons. The van der Waals surface area contributed by atoms with Crippen LogP contribution in [-0.2, 0) is 24.0 Å². The van der Waals surface area contributed by atoms with Crippen LogP contribution >= 0.6 is 0 Å². The summed E-state index contributed by atoms with van der Waals surface area (Å²) in [6.45, 7) is 12.4. The monoisotopic (exact) mass is 612 g/mol. The molecule has 0 spiro atoms. The zero-order chi connectivity index (χ0) is 33.1. The summed E-state index contributed by atoms with van der Waals surface area (Å²) in [5.74, 6) is -2.36. The third-order valence-corrected chi connectivity index (χ3v) is 6.93. The van der Waals surface area contributed by atoms with Crippen molar-refractivity contribution < 1.29 is 24.0 Å². The van der Waals surface area contributed by atoms with Gasteiger partial charge in [0, 0.05) is 0 Å². The number of unbranched alkanes of at least 4 members (excludes halogenated alkanes) is 2. The first kappa shape index (κ1) is 40.2. The van der Waals surface area contributed by atoms with E-state index in [-0.39, 0.29) is 24.2 Å². The van der Waals surface area contributed by atoms with E-state index in [9.17, 15) is 24.0 Å². The number of amides is 5. The molecule has 13 nitrogen and oxygen atoms in total. The zero-order valence-corrected chi connectivity index (χ0v) is 27.2. The van der Waals surface area contributed by atoms with E-state index >= 15 is 0 Å². The van der Waals surface area contributed by atoms with Crippen molar-refractivity contribution in [3.05, 3.63) is 0 Å². The van der Waals surface area contributed by atoms with Gasteiger partial charge in [0.05, 0.1) is 6.04 Å². The maximum atomic E-state index is 13.5. The second-order valence-electron chi connectivity index (χ2n) is 12.7. The molecule has 0 aromatic heterocycles. The Morgan fingerprint density at radius 2 is 0.860 bits per heavy atom. The highest BCUT2D eigenvalue weighted by Crippen LogP contribution is 2.11. The van der Waals surface area contributed by atoms with Crippen LogP contribution in [0.4, 0.5) is 0 Å². The van der Waals surface area contributed by atoms with E-state index in [1.807, 2.05) is 41.5 Å². The number of hydrogen-bond donors (Lipinski definition) is 8. The average molecular weight is 613 g/mol. The van der Waals surface area contributed by atoms with E-state index in [0.29, 0.717) is 64.5 Å². The highest BCUT2D eigenvalue weighted by atomic mass is 16.2. The molecule has 5 amide bonds. The van der Waals surface area contributed by atoms with Crippen LogP contribution in [0.3, 0.4) is 0 Å². The van der Waals surface area contributed by atoms with Crippen LogP contribution in [-0.4, -0.2) is 72.8 Å². The van der Waals surface area contributed by atoms with Gasteiger partial charge >= 0.3 is 0 Å². The molecule has 12 N–H and O–H groups in total. The number of carbonyl (C=O) groups excluding carboxylic acids is 5. The third kappa shape index (κ3) is 17.8. The SMILES string of the molecule is CC(C)C[C@H](NC(=O)[C@H](CCCCN)NC(=O)[C@H](CC(C)C)NC(=O)[C@H](CCCCN)NC(=O)[C@@H](N)CC(C)C)C(N)=O. The maximum absolute atomic E-state index is 13.5. The van der Waals surface area contributed by atoms with Gasteiger partial charge in [0.15, 0.2) is 0 Å². The van der Waals surface area contributed by atoms with Gasteiger partial charge in [-0.15, -0.1) is 0 Å². The average Bonchev–Trinajstić information content (AvgIpc) is 2.90. The minimum Gasteiger partial charge on any atom is -0.368 e. The van der Waals surface area contributed by atoms with E-state index in [4.69, 9.17) is 22.9 Å². The minimum absolute atomic E-state index is 0.0237. The van der Waals surface area contributed by atoms with Crippen molar-refractivity contribution in [1.82, 2.24) is 21.3 Å². The van der Waals surface area contributed by atoms with E-state index in [2.05, 4.69) is 21.3 Å². The Bertz CT molecular complexity index is 867. The van der Waals surface area contributed by atoms with Gasteiger partial charge in [-0.25, -0.2) is 0 Å². The summed E-state index contributed by atoms with van der Waals surface area (Å²) in [5.41, 5.74) is 22.8. The summed E-state index contributed by atoms with van der Waals surface area (Å²) in [4.78, 5) is 65.0. The fourth-order valence-corrected chi connectivity index (χ4v) is 4.65. The van der Waals surface area contributed by atoms with Crippen LogP contribution in [0.2, 0.25) is 0 Å². The van der Waals surface area contributed by atoms with Crippen LogP contribution in [0.15, 0.2) is 0 Å². The fourth-order valence-electron chi connectivity index (χ4n) is 4.65. The first-order valence-corrected chi connectivity index (χ1v) is 15.8. The van der Waals surface area contributed by atoms with E-state index in [1.54, 1.807) is 0 Å². The molecule has 0 fully saturated rings. The summed E-state index contributed by atoms with van der Waals surface area (Å²) in [7, 11) is 0. The number of carbonyl (C=O) groups is 5. The van der Waals surface area contributed by atoms with Crippen molar-refractivity contribution in [2.75, 3.05) is 13.1 Å². The van der Waals surface area contributed by atoms with E-state index < -0.39 is 59.7 Å². The van der Waals surface area contributed by atoms with Gasteiger partial charge in [-0.3, -0.25) is 24.0 Å². The molecule has 13 heteroatoms. The molecule has 0 saturated carbocycles.